The molecule has 0 radical (unpaired) electrons. The highest BCUT2D eigenvalue weighted by molar-refractivity contribution is 6.71. The van der Waals surface area contributed by atoms with Crippen LogP contribution in [0.2, 0.25) is 0 Å². The van der Waals surface area contributed by atoms with Crippen LogP contribution >= 0.6 is 0 Å². The average molecular weight is 460 g/mol. The van der Waals surface area contributed by atoms with Gasteiger partial charge < -0.3 is 10.2 Å². The third kappa shape index (κ3) is 4.11. The lowest BCUT2D eigenvalue weighted by atomic mass is 10.0. The van der Waals surface area contributed by atoms with Gasteiger partial charge in [0.25, 0.3) is 0 Å². The number of carbonyl (C=O) groups is 2. The Morgan fingerprint density at radius 2 is 1.79 bits per heavy atom. The number of hydrogen-bond acceptors (Lipinski definition) is 6. The maximum atomic E-state index is 14.4. The highest BCUT2D eigenvalue weighted by Crippen LogP contribution is 2.37. The fourth-order valence-corrected chi connectivity index (χ4v) is 3.49. The SMILES string of the molecule is CC1=NN(c2ccc(C)c(C)c2)C(=O)/C1=N\Nc1cccc(-c2cc(C(=O)O)ccc2F)c1O. The van der Waals surface area contributed by atoms with Crippen LogP contribution < -0.4 is 10.4 Å². The topological polar surface area (TPSA) is 115 Å². The minimum Gasteiger partial charge on any atom is -0.505 e. The van der Waals surface area contributed by atoms with Crippen molar-refractivity contribution in [2.45, 2.75) is 20.8 Å². The number of benzene rings is 3. The van der Waals surface area contributed by atoms with Crippen molar-refractivity contribution in [3.05, 3.63) is 77.1 Å². The van der Waals surface area contributed by atoms with Gasteiger partial charge >= 0.3 is 11.9 Å². The Morgan fingerprint density at radius 3 is 2.50 bits per heavy atom. The van der Waals surface area contributed by atoms with Gasteiger partial charge in [0.1, 0.15) is 11.6 Å². The minimum absolute atomic E-state index is 0.0575. The van der Waals surface area contributed by atoms with Crippen molar-refractivity contribution < 1.29 is 24.2 Å². The van der Waals surface area contributed by atoms with Gasteiger partial charge in [0.15, 0.2) is 5.71 Å². The van der Waals surface area contributed by atoms with Gasteiger partial charge in [-0.15, -0.1) is 0 Å². The molecule has 0 unspecified atom stereocenters. The van der Waals surface area contributed by atoms with Crippen LogP contribution in [0.25, 0.3) is 11.1 Å². The van der Waals surface area contributed by atoms with Crippen LogP contribution in [0.1, 0.15) is 28.4 Å². The van der Waals surface area contributed by atoms with Gasteiger partial charge in [-0.25, -0.2) is 9.18 Å². The van der Waals surface area contributed by atoms with Gasteiger partial charge in [-0.3, -0.25) is 10.2 Å². The third-order valence-corrected chi connectivity index (χ3v) is 5.55. The predicted octanol–water partition coefficient (Wildman–Crippen LogP) is 4.70. The zero-order valence-corrected chi connectivity index (χ0v) is 18.6. The molecule has 0 aliphatic carbocycles. The lowest BCUT2D eigenvalue weighted by Gasteiger charge is -2.13. The van der Waals surface area contributed by atoms with E-state index in [0.717, 1.165) is 29.3 Å². The van der Waals surface area contributed by atoms with Crippen LogP contribution in [0.15, 0.2) is 64.8 Å². The van der Waals surface area contributed by atoms with E-state index < -0.39 is 17.7 Å². The second-order valence-electron chi connectivity index (χ2n) is 7.84. The number of phenolic OH excluding ortho intramolecular Hbond substituents is 1. The molecule has 172 valence electrons. The smallest absolute Gasteiger partial charge is 0.335 e. The summed E-state index contributed by atoms with van der Waals surface area (Å²) in [5.74, 6) is -2.70. The Morgan fingerprint density at radius 1 is 1.03 bits per heavy atom. The Hall–Kier alpha value is -4.53. The van der Waals surface area contributed by atoms with E-state index in [4.69, 9.17) is 0 Å². The number of para-hydroxylation sites is 1. The molecule has 3 N–H and O–H groups in total. The number of carboxylic acid groups (broad SMARTS) is 1. The summed E-state index contributed by atoms with van der Waals surface area (Å²) < 4.78 is 14.4. The van der Waals surface area contributed by atoms with E-state index in [9.17, 15) is 24.2 Å². The molecule has 0 atom stereocenters. The molecule has 1 amide bonds. The lowest BCUT2D eigenvalue weighted by Crippen LogP contribution is -2.28. The van der Waals surface area contributed by atoms with E-state index >= 15 is 0 Å². The molecule has 1 heterocycles. The van der Waals surface area contributed by atoms with Crippen molar-refractivity contribution in [1.82, 2.24) is 0 Å². The first kappa shape index (κ1) is 22.7. The number of aryl methyl sites for hydroxylation is 2. The molecule has 0 bridgehead atoms. The maximum Gasteiger partial charge on any atom is 0.335 e. The molecular formula is C25H21FN4O4. The molecule has 34 heavy (non-hydrogen) atoms. The van der Waals surface area contributed by atoms with Crippen LogP contribution in [-0.2, 0) is 4.79 Å². The summed E-state index contributed by atoms with van der Waals surface area (Å²) in [7, 11) is 0. The molecule has 0 saturated heterocycles. The summed E-state index contributed by atoms with van der Waals surface area (Å²) in [5, 5.41) is 29.6. The van der Waals surface area contributed by atoms with Crippen LogP contribution in [0.4, 0.5) is 15.8 Å². The first-order valence-corrected chi connectivity index (χ1v) is 10.3. The number of hydrazone groups is 2. The van der Waals surface area contributed by atoms with Gasteiger partial charge in [-0.2, -0.15) is 15.2 Å². The van der Waals surface area contributed by atoms with E-state index in [2.05, 4.69) is 15.6 Å². The first-order valence-electron chi connectivity index (χ1n) is 10.3. The highest BCUT2D eigenvalue weighted by Gasteiger charge is 2.31. The molecule has 3 aromatic rings. The number of aromatic hydroxyl groups is 1. The van der Waals surface area contributed by atoms with Crippen molar-refractivity contribution in [2.24, 2.45) is 10.2 Å². The Bertz CT molecular complexity index is 1400. The molecule has 1 aliphatic heterocycles. The van der Waals surface area contributed by atoms with E-state index in [1.807, 2.05) is 26.0 Å². The van der Waals surface area contributed by atoms with E-state index in [1.54, 1.807) is 19.1 Å². The maximum absolute atomic E-state index is 14.4. The summed E-state index contributed by atoms with van der Waals surface area (Å²) in [6.45, 7) is 5.56. The highest BCUT2D eigenvalue weighted by atomic mass is 19.1. The van der Waals surface area contributed by atoms with E-state index in [0.29, 0.717) is 11.4 Å². The van der Waals surface area contributed by atoms with Crippen LogP contribution in [-0.4, -0.2) is 33.5 Å². The largest absolute Gasteiger partial charge is 0.505 e. The quantitative estimate of drug-likeness (QED) is 0.377. The fraction of sp³-hybridized carbons (Fsp3) is 0.120. The lowest BCUT2D eigenvalue weighted by molar-refractivity contribution is -0.112. The monoisotopic (exact) mass is 460 g/mol. The third-order valence-electron chi connectivity index (χ3n) is 5.55. The molecule has 9 heteroatoms. The number of aromatic carboxylic acids is 1. The zero-order valence-electron chi connectivity index (χ0n) is 18.6. The van der Waals surface area contributed by atoms with Crippen molar-refractivity contribution in [1.29, 1.82) is 0 Å². The van der Waals surface area contributed by atoms with Crippen molar-refractivity contribution in [3.8, 4) is 16.9 Å². The summed E-state index contributed by atoms with van der Waals surface area (Å²) >= 11 is 0. The number of amides is 1. The van der Waals surface area contributed by atoms with Gasteiger partial charge in [0.05, 0.1) is 22.6 Å². The van der Waals surface area contributed by atoms with Gasteiger partial charge in [-0.1, -0.05) is 18.2 Å². The Labute approximate surface area is 194 Å². The summed E-state index contributed by atoms with van der Waals surface area (Å²) in [6, 6.07) is 13.3. The summed E-state index contributed by atoms with van der Waals surface area (Å²) in [4.78, 5) is 24.2. The number of carbonyl (C=O) groups excluding carboxylic acids is 1. The number of anilines is 2. The zero-order chi connectivity index (χ0) is 24.6. The molecule has 1 aliphatic rings. The van der Waals surface area contributed by atoms with Crippen molar-refractivity contribution >= 4 is 34.7 Å². The number of rotatable bonds is 5. The number of nitrogens with one attached hydrogen (secondary N) is 1. The van der Waals surface area contributed by atoms with Crippen molar-refractivity contribution in [3.63, 3.8) is 0 Å². The molecule has 0 spiro atoms. The number of carboxylic acids is 1. The summed E-state index contributed by atoms with van der Waals surface area (Å²) in [6.07, 6.45) is 0. The fourth-order valence-electron chi connectivity index (χ4n) is 3.49. The molecule has 3 aromatic carbocycles. The number of hydrogen-bond donors (Lipinski definition) is 3. The number of nitrogens with zero attached hydrogens (tertiary/aromatic N) is 3. The first-order chi connectivity index (χ1) is 16.2. The van der Waals surface area contributed by atoms with Crippen LogP contribution in [0.3, 0.4) is 0 Å². The second-order valence-corrected chi connectivity index (χ2v) is 7.84. The number of phenols is 1. The Balaban J connectivity index is 1.63. The van der Waals surface area contributed by atoms with Crippen LogP contribution in [0.5, 0.6) is 5.75 Å². The van der Waals surface area contributed by atoms with E-state index in [1.165, 1.54) is 17.1 Å². The molecule has 0 fully saturated rings. The standard InChI is InChI=1S/C25H21FN4O4/c1-13-7-9-17(11-14(13)2)30-24(32)22(15(3)29-30)28-27-21-6-4-5-18(23(21)31)19-12-16(25(33)34)8-10-20(19)26/h4-12,27,31H,1-3H3,(H,33,34)/b28-22-. The average Bonchev–Trinajstić information content (AvgIpc) is 3.08. The molecule has 0 aromatic heterocycles. The molecular weight excluding hydrogens is 439 g/mol. The molecule has 8 nitrogen and oxygen atoms in total. The van der Waals surface area contributed by atoms with E-state index in [-0.39, 0.29) is 33.8 Å². The van der Waals surface area contributed by atoms with Gasteiger partial charge in [-0.05, 0) is 68.3 Å². The molecule has 0 saturated carbocycles. The van der Waals surface area contributed by atoms with Crippen LogP contribution in [0, 0.1) is 19.7 Å². The minimum atomic E-state index is -1.22. The second kappa shape index (κ2) is 8.78. The summed E-state index contributed by atoms with van der Waals surface area (Å²) in [5.41, 5.74) is 5.78. The normalized spacial score (nSPS) is 14.5. The Kier molecular flexibility index (Phi) is 5.85. The number of halogens is 1. The van der Waals surface area contributed by atoms with Gasteiger partial charge in [0.2, 0.25) is 0 Å². The van der Waals surface area contributed by atoms with Crippen molar-refractivity contribution in [2.75, 3.05) is 10.4 Å². The molecule has 4 rings (SSSR count). The predicted molar refractivity (Wildman–Crippen MR) is 128 cm³/mol. The van der Waals surface area contributed by atoms with Gasteiger partial charge in [0, 0.05) is 11.1 Å².